The minimum Gasteiger partial charge on any atom is -0.462 e. The molecule has 19 nitrogen and oxygen atoms in total. The molecular formula is C56H83N3O16. The predicted octanol–water partition coefficient (Wildman–Crippen LogP) is 5.69. The van der Waals surface area contributed by atoms with E-state index in [4.69, 9.17) is 42.6 Å². The number of nitrogens with zero attached hydrogens (tertiary/aromatic N) is 3. The van der Waals surface area contributed by atoms with E-state index in [2.05, 4.69) is 4.98 Å². The number of aldehydes is 1. The Bertz CT molecular complexity index is 2160. The lowest BCUT2D eigenvalue weighted by Gasteiger charge is -2.50. The number of esters is 4. The third kappa shape index (κ3) is 17.4. The highest BCUT2D eigenvalue weighted by Gasteiger charge is 2.54. The van der Waals surface area contributed by atoms with Gasteiger partial charge in [0.1, 0.15) is 36.8 Å². The molecule has 1 aromatic carbocycles. The minimum atomic E-state index is -1.44. The van der Waals surface area contributed by atoms with Gasteiger partial charge in [0.05, 0.1) is 42.6 Å². The molecule has 19 heteroatoms. The first-order valence-corrected chi connectivity index (χ1v) is 26.5. The zero-order chi connectivity index (χ0) is 55.0. The third-order valence-electron chi connectivity index (χ3n) is 14.4. The fourth-order valence-electron chi connectivity index (χ4n) is 10.5. The molecule has 5 unspecified atom stereocenters. The molecular weight excluding hydrogens is 971 g/mol. The number of hydrogen-bond donors (Lipinski definition) is 2. The fraction of sp³-hybridized carbons (Fsp3) is 0.679. The van der Waals surface area contributed by atoms with E-state index in [1.807, 2.05) is 73.5 Å². The van der Waals surface area contributed by atoms with E-state index in [-0.39, 0.29) is 32.1 Å². The van der Waals surface area contributed by atoms with Crippen molar-refractivity contribution in [1.82, 2.24) is 14.8 Å². The van der Waals surface area contributed by atoms with Gasteiger partial charge in [-0.1, -0.05) is 57.2 Å². The molecule has 1 aromatic heterocycles. The quantitative estimate of drug-likeness (QED) is 0.110. The second-order valence-corrected chi connectivity index (χ2v) is 20.7. The third-order valence-corrected chi connectivity index (χ3v) is 14.4. The Kier molecular flexibility index (Phi) is 23.8. The van der Waals surface area contributed by atoms with Gasteiger partial charge in [0, 0.05) is 64.4 Å². The molecule has 4 heterocycles. The first-order chi connectivity index (χ1) is 35.7. The summed E-state index contributed by atoms with van der Waals surface area (Å²) in [6.07, 6.45) is -4.71. The average Bonchev–Trinajstić information content (AvgIpc) is 3.35. The number of aliphatic hydroxyl groups excluding tert-OH is 2. The van der Waals surface area contributed by atoms with E-state index in [0.29, 0.717) is 32.4 Å². The Balaban J connectivity index is 1.45. The summed E-state index contributed by atoms with van der Waals surface area (Å²) in [6, 6.07) is 12.9. The van der Waals surface area contributed by atoms with Crippen LogP contribution >= 0.6 is 0 Å². The molecule has 418 valence electrons. The number of aliphatic hydroxyl groups is 2. The average molecular weight is 1050 g/mol. The molecule has 0 amide bonds. The molecule has 16 atom stereocenters. The lowest BCUT2D eigenvalue weighted by Crippen LogP contribution is -2.66. The molecule has 3 saturated heterocycles. The summed E-state index contributed by atoms with van der Waals surface area (Å²) >= 11 is 0. The lowest BCUT2D eigenvalue weighted by molar-refractivity contribution is -0.344. The minimum absolute atomic E-state index is 0.0255. The molecule has 3 aliphatic rings. The van der Waals surface area contributed by atoms with E-state index in [1.54, 1.807) is 59.8 Å². The van der Waals surface area contributed by atoms with E-state index in [1.165, 1.54) is 14.0 Å². The predicted molar refractivity (Wildman–Crippen MR) is 276 cm³/mol. The molecule has 0 bridgehead atoms. The van der Waals surface area contributed by atoms with Crippen LogP contribution in [0.5, 0.6) is 0 Å². The van der Waals surface area contributed by atoms with E-state index >= 15 is 0 Å². The second kappa shape index (κ2) is 29.2. The number of ether oxygens (including phenoxy) is 9. The van der Waals surface area contributed by atoms with Crippen molar-refractivity contribution in [2.45, 2.75) is 192 Å². The zero-order valence-corrected chi connectivity index (χ0v) is 45.7. The number of benzene rings is 1. The standard InChI is InChI=1S/C56H83N3O16/c1-12-45(63)71-44-31-47(65)70-41(22-17-20-38-19-16-21-39(30-38)42-24-14-15-26-57-42)23-18-27-59(10)33-43(62)34(3)29-40(25-28-60)52(53(44)67-11)74-55-50(66)49(58(8)9)51(35(4)69-55)73-48-32-56(7,75-37(6)61)54(36(5)68-48)72-46(64)13-2/h14-17,19-21,24,26,28,30,34-36,40-41,43-44,48-55,62,66H,12-13,18,22-23,25,27,29,31-33H2,1-11H3/t34-,35?,36?,40+,41+,43+,44-,48+,49?,50?,51-,52+,53+,54+,55+,56?/m1/s1. The van der Waals surface area contributed by atoms with Crippen LogP contribution in [0.4, 0.5) is 0 Å². The van der Waals surface area contributed by atoms with Crippen molar-refractivity contribution >= 4 is 36.2 Å². The summed E-state index contributed by atoms with van der Waals surface area (Å²) < 4.78 is 56.2. The number of methoxy groups -OCH3 is 1. The van der Waals surface area contributed by atoms with Gasteiger partial charge < -0.3 is 67.4 Å². The number of rotatable bonds is 17. The van der Waals surface area contributed by atoms with Crippen molar-refractivity contribution in [2.24, 2.45) is 11.8 Å². The van der Waals surface area contributed by atoms with Gasteiger partial charge in [0.2, 0.25) is 0 Å². The largest absolute Gasteiger partial charge is 0.462 e. The van der Waals surface area contributed by atoms with Crippen LogP contribution in [-0.2, 0) is 66.6 Å². The number of pyridine rings is 1. The first-order valence-electron chi connectivity index (χ1n) is 26.5. The maximum absolute atomic E-state index is 14.2. The van der Waals surface area contributed by atoms with Gasteiger partial charge >= 0.3 is 23.9 Å². The fourth-order valence-corrected chi connectivity index (χ4v) is 10.5. The molecule has 2 aromatic rings. The van der Waals surface area contributed by atoms with Crippen LogP contribution in [0.25, 0.3) is 17.3 Å². The molecule has 0 saturated carbocycles. The maximum Gasteiger partial charge on any atom is 0.309 e. The molecule has 3 fully saturated rings. The zero-order valence-electron chi connectivity index (χ0n) is 45.7. The Morgan fingerprint density at radius 1 is 0.947 bits per heavy atom. The van der Waals surface area contributed by atoms with Gasteiger partial charge in [0.15, 0.2) is 24.3 Å². The van der Waals surface area contributed by atoms with Gasteiger partial charge in [-0.15, -0.1) is 0 Å². The van der Waals surface area contributed by atoms with Crippen LogP contribution in [0, 0.1) is 11.8 Å². The number of aromatic nitrogens is 1. The molecule has 2 N–H and O–H groups in total. The summed E-state index contributed by atoms with van der Waals surface area (Å²) in [5.41, 5.74) is 1.41. The number of hydrogen-bond acceptors (Lipinski definition) is 19. The van der Waals surface area contributed by atoms with Gasteiger partial charge in [0.25, 0.3) is 0 Å². The Morgan fingerprint density at radius 2 is 1.68 bits per heavy atom. The maximum atomic E-state index is 14.2. The summed E-state index contributed by atoms with van der Waals surface area (Å²) in [6.45, 7) is 12.4. The van der Waals surface area contributed by atoms with Gasteiger partial charge in [-0.3, -0.25) is 24.2 Å². The first kappa shape index (κ1) is 61.2. The van der Waals surface area contributed by atoms with E-state index in [0.717, 1.165) is 23.1 Å². The highest BCUT2D eigenvalue weighted by Crippen LogP contribution is 2.39. The van der Waals surface area contributed by atoms with Crippen LogP contribution in [0.15, 0.2) is 54.7 Å². The van der Waals surface area contributed by atoms with E-state index in [9.17, 15) is 34.2 Å². The van der Waals surface area contributed by atoms with Crippen molar-refractivity contribution in [1.29, 1.82) is 0 Å². The van der Waals surface area contributed by atoms with Gasteiger partial charge in [-0.2, -0.15) is 0 Å². The molecule has 5 rings (SSSR count). The molecule has 0 radical (unpaired) electrons. The topological polar surface area (TPSA) is 228 Å². The van der Waals surface area contributed by atoms with Gasteiger partial charge in [-0.25, -0.2) is 0 Å². The van der Waals surface area contributed by atoms with Crippen LogP contribution < -0.4 is 0 Å². The molecule has 0 spiro atoms. The number of carbonyl (C=O) groups excluding carboxylic acids is 5. The second-order valence-electron chi connectivity index (χ2n) is 20.7. The summed E-state index contributed by atoms with van der Waals surface area (Å²) in [5.74, 6) is -3.47. The summed E-state index contributed by atoms with van der Waals surface area (Å²) in [7, 11) is 6.80. The number of likely N-dealkylation sites (N-methyl/N-ethyl adjacent to an activating group) is 2. The Labute approximate surface area is 442 Å². The van der Waals surface area contributed by atoms with Crippen LogP contribution in [0.2, 0.25) is 0 Å². The van der Waals surface area contributed by atoms with Crippen molar-refractivity contribution in [3.05, 3.63) is 60.3 Å². The van der Waals surface area contributed by atoms with Crippen molar-refractivity contribution in [3.8, 4) is 11.3 Å². The normalized spacial score (nSPS) is 33.8. The van der Waals surface area contributed by atoms with Crippen LogP contribution in [0.3, 0.4) is 0 Å². The summed E-state index contributed by atoms with van der Waals surface area (Å²) in [4.78, 5) is 73.3. The number of β-amino-alcohol motifs (C(OH)–C–C–N with tert-alkyl or cyclic N) is 1. The van der Waals surface area contributed by atoms with Crippen LogP contribution in [-0.4, -0.2) is 182 Å². The SMILES string of the molecule is CCC(=O)O[C@@H]1CC(=O)O[C@@H](CC=Cc2cccc(-c3ccccn3)c2)CCCN(C)C[C@H](O)[C@H](C)C[C@H](CC=O)[C@H](O[C@@H]2OC(C)[C@@H](O[C@H]3CC(C)(OC(C)=O)[C@@H](OC(=O)CC)C(C)O3)C(N(C)C)C2O)[C@H]1OC. The van der Waals surface area contributed by atoms with Crippen LogP contribution in [0.1, 0.15) is 112 Å². The monoisotopic (exact) mass is 1050 g/mol. The highest BCUT2D eigenvalue weighted by molar-refractivity contribution is 5.73. The summed E-state index contributed by atoms with van der Waals surface area (Å²) in [5, 5.41) is 24.1. The number of carbonyl (C=O) groups is 5. The van der Waals surface area contributed by atoms with Crippen molar-refractivity contribution in [2.75, 3.05) is 41.3 Å². The van der Waals surface area contributed by atoms with Crippen molar-refractivity contribution in [3.63, 3.8) is 0 Å². The number of cyclic esters (lactones) is 1. The highest BCUT2D eigenvalue weighted by atomic mass is 16.7. The smallest absolute Gasteiger partial charge is 0.309 e. The lowest BCUT2D eigenvalue weighted by atomic mass is 9.82. The molecule has 0 aliphatic carbocycles. The molecule has 75 heavy (non-hydrogen) atoms. The Morgan fingerprint density at radius 3 is 2.33 bits per heavy atom. The van der Waals surface area contributed by atoms with Gasteiger partial charge in [-0.05, 0) is 103 Å². The Hall–Kier alpha value is -4.70. The molecule has 3 aliphatic heterocycles. The van der Waals surface area contributed by atoms with E-state index < -0.39 is 127 Å². The van der Waals surface area contributed by atoms with Crippen molar-refractivity contribution < 1.29 is 76.8 Å².